The summed E-state index contributed by atoms with van der Waals surface area (Å²) in [5.41, 5.74) is 0.622. The Morgan fingerprint density at radius 3 is 2.94 bits per heavy atom. The van der Waals surface area contributed by atoms with Crippen LogP contribution in [0.5, 0.6) is 0 Å². The quantitative estimate of drug-likeness (QED) is 0.766. The van der Waals surface area contributed by atoms with Crippen LogP contribution < -0.4 is 5.32 Å². The largest absolute Gasteiger partial charge is 0.396 e. The number of nitrogens with one attached hydrogen (secondary N) is 1. The highest BCUT2D eigenvalue weighted by Gasteiger charge is 2.11. The number of hydrogen-bond acceptors (Lipinski definition) is 2. The molecule has 0 aliphatic rings. The van der Waals surface area contributed by atoms with Gasteiger partial charge in [-0.25, -0.2) is 0 Å². The molecular weight excluding hydrogens is 385 g/mol. The van der Waals surface area contributed by atoms with E-state index in [2.05, 4.69) is 43.8 Å². The van der Waals surface area contributed by atoms with Gasteiger partial charge in [-0.05, 0) is 62.6 Å². The number of amides is 1. The Labute approximate surface area is 117 Å². The van der Waals surface area contributed by atoms with Gasteiger partial charge in [0.05, 0.1) is 5.56 Å². The van der Waals surface area contributed by atoms with Crippen molar-refractivity contribution in [1.29, 1.82) is 0 Å². The van der Waals surface area contributed by atoms with Crippen LogP contribution in [0.3, 0.4) is 0 Å². The molecule has 0 aliphatic heterocycles. The zero-order valence-electron chi connectivity index (χ0n) is 8.84. The molecule has 0 radical (unpaired) electrons. The summed E-state index contributed by atoms with van der Waals surface area (Å²) in [5, 5.41) is 11.6. The standard InChI is InChI=1S/C11H13BrINO2/c1-7(6-15)5-14-11(16)9-4-8(13)2-3-10(9)12/h2-4,7,15H,5-6H2,1H3,(H,14,16). The van der Waals surface area contributed by atoms with Crippen LogP contribution in [0.4, 0.5) is 0 Å². The van der Waals surface area contributed by atoms with Gasteiger partial charge in [-0.1, -0.05) is 6.92 Å². The molecule has 1 aromatic carbocycles. The molecule has 0 aliphatic carbocycles. The number of halogens is 2. The molecule has 0 bridgehead atoms. The molecule has 1 atom stereocenters. The lowest BCUT2D eigenvalue weighted by Gasteiger charge is -2.10. The second-order valence-corrected chi connectivity index (χ2v) is 5.72. The maximum absolute atomic E-state index is 11.8. The van der Waals surface area contributed by atoms with Crippen molar-refractivity contribution >= 4 is 44.4 Å². The van der Waals surface area contributed by atoms with Gasteiger partial charge in [0.15, 0.2) is 0 Å². The van der Waals surface area contributed by atoms with E-state index in [-0.39, 0.29) is 18.4 Å². The summed E-state index contributed by atoms with van der Waals surface area (Å²) in [6.45, 7) is 2.44. The van der Waals surface area contributed by atoms with E-state index < -0.39 is 0 Å². The molecular formula is C11H13BrINO2. The fourth-order valence-electron chi connectivity index (χ4n) is 1.10. The van der Waals surface area contributed by atoms with Crippen molar-refractivity contribution in [2.24, 2.45) is 5.92 Å². The number of carbonyl (C=O) groups excluding carboxylic acids is 1. The highest BCUT2D eigenvalue weighted by Crippen LogP contribution is 2.19. The van der Waals surface area contributed by atoms with Gasteiger partial charge in [0.1, 0.15) is 0 Å². The first kappa shape index (κ1) is 13.9. The first-order valence-corrected chi connectivity index (χ1v) is 6.76. The normalized spacial score (nSPS) is 12.2. The van der Waals surface area contributed by atoms with Gasteiger partial charge in [0.25, 0.3) is 5.91 Å². The van der Waals surface area contributed by atoms with Gasteiger partial charge < -0.3 is 10.4 Å². The van der Waals surface area contributed by atoms with Crippen molar-refractivity contribution in [3.8, 4) is 0 Å². The molecule has 0 aromatic heterocycles. The molecule has 1 aromatic rings. The van der Waals surface area contributed by atoms with Gasteiger partial charge in [-0.3, -0.25) is 4.79 Å². The molecule has 5 heteroatoms. The highest BCUT2D eigenvalue weighted by molar-refractivity contribution is 14.1. The van der Waals surface area contributed by atoms with Crippen LogP contribution in [0.2, 0.25) is 0 Å². The van der Waals surface area contributed by atoms with E-state index in [1.54, 1.807) is 0 Å². The lowest BCUT2D eigenvalue weighted by molar-refractivity contribution is 0.0941. The van der Waals surface area contributed by atoms with Crippen LogP contribution in [0.1, 0.15) is 17.3 Å². The predicted octanol–water partition coefficient (Wildman–Crippen LogP) is 2.41. The minimum atomic E-state index is -0.120. The SMILES string of the molecule is CC(CO)CNC(=O)c1cc(I)ccc1Br. The molecule has 0 fully saturated rings. The molecule has 0 spiro atoms. The Kier molecular flexibility index (Phi) is 5.71. The minimum absolute atomic E-state index is 0.0745. The van der Waals surface area contributed by atoms with Crippen LogP contribution >= 0.6 is 38.5 Å². The molecule has 88 valence electrons. The van der Waals surface area contributed by atoms with Crippen LogP contribution in [0.25, 0.3) is 0 Å². The van der Waals surface area contributed by atoms with Crippen molar-refractivity contribution in [3.63, 3.8) is 0 Å². The monoisotopic (exact) mass is 397 g/mol. The first-order valence-electron chi connectivity index (χ1n) is 4.88. The van der Waals surface area contributed by atoms with E-state index in [9.17, 15) is 4.79 Å². The minimum Gasteiger partial charge on any atom is -0.396 e. The fraction of sp³-hybridized carbons (Fsp3) is 0.364. The number of carbonyl (C=O) groups is 1. The lowest BCUT2D eigenvalue weighted by Crippen LogP contribution is -2.29. The Bertz CT molecular complexity index is 384. The predicted molar refractivity (Wildman–Crippen MR) is 75.4 cm³/mol. The van der Waals surface area contributed by atoms with E-state index in [0.717, 1.165) is 8.04 Å². The van der Waals surface area contributed by atoms with Crippen LogP contribution in [-0.4, -0.2) is 24.2 Å². The lowest BCUT2D eigenvalue weighted by atomic mass is 10.2. The Hall–Kier alpha value is -0.140. The molecule has 1 unspecified atom stereocenters. The third kappa shape index (κ3) is 4.03. The first-order chi connectivity index (χ1) is 7.54. The van der Waals surface area contributed by atoms with Crippen molar-refractivity contribution in [2.45, 2.75) is 6.92 Å². The molecule has 1 amide bonds. The number of rotatable bonds is 4. The maximum atomic E-state index is 11.8. The van der Waals surface area contributed by atoms with Crippen molar-refractivity contribution in [3.05, 3.63) is 31.8 Å². The zero-order chi connectivity index (χ0) is 12.1. The number of hydrogen-bond donors (Lipinski definition) is 2. The zero-order valence-corrected chi connectivity index (χ0v) is 12.6. The van der Waals surface area contributed by atoms with Crippen LogP contribution in [0, 0.1) is 9.49 Å². The third-order valence-corrected chi connectivity index (χ3v) is 3.46. The molecule has 3 nitrogen and oxygen atoms in total. The van der Waals surface area contributed by atoms with E-state index in [0.29, 0.717) is 12.1 Å². The second-order valence-electron chi connectivity index (χ2n) is 3.62. The summed E-state index contributed by atoms with van der Waals surface area (Å²) in [7, 11) is 0. The molecule has 0 saturated heterocycles. The summed E-state index contributed by atoms with van der Waals surface area (Å²) in [4.78, 5) is 11.8. The average Bonchev–Trinajstić information content (AvgIpc) is 2.28. The topological polar surface area (TPSA) is 49.3 Å². The smallest absolute Gasteiger partial charge is 0.252 e. The van der Waals surface area contributed by atoms with Crippen LogP contribution in [0.15, 0.2) is 22.7 Å². The van der Waals surface area contributed by atoms with Crippen molar-refractivity contribution in [2.75, 3.05) is 13.2 Å². The summed E-state index contributed by atoms with van der Waals surface area (Å²) in [6.07, 6.45) is 0. The van der Waals surface area contributed by atoms with Gasteiger partial charge in [-0.15, -0.1) is 0 Å². The van der Waals surface area contributed by atoms with E-state index in [4.69, 9.17) is 5.11 Å². The average molecular weight is 398 g/mol. The molecule has 2 N–H and O–H groups in total. The summed E-state index contributed by atoms with van der Waals surface area (Å²) in [5.74, 6) is -0.0452. The van der Waals surface area contributed by atoms with Crippen LogP contribution in [-0.2, 0) is 0 Å². The van der Waals surface area contributed by atoms with E-state index >= 15 is 0 Å². The Balaban J connectivity index is 2.69. The third-order valence-electron chi connectivity index (χ3n) is 2.10. The van der Waals surface area contributed by atoms with E-state index in [1.165, 1.54) is 0 Å². The summed E-state index contributed by atoms with van der Waals surface area (Å²) in [6, 6.07) is 5.60. The Morgan fingerprint density at radius 1 is 1.62 bits per heavy atom. The number of aliphatic hydroxyl groups excluding tert-OH is 1. The van der Waals surface area contributed by atoms with Crippen molar-refractivity contribution < 1.29 is 9.90 Å². The molecule has 16 heavy (non-hydrogen) atoms. The molecule has 0 saturated carbocycles. The maximum Gasteiger partial charge on any atom is 0.252 e. The second kappa shape index (κ2) is 6.56. The van der Waals surface area contributed by atoms with E-state index in [1.807, 2.05) is 25.1 Å². The van der Waals surface area contributed by atoms with Crippen molar-refractivity contribution in [1.82, 2.24) is 5.32 Å². The van der Waals surface area contributed by atoms with Gasteiger partial charge in [-0.2, -0.15) is 0 Å². The van der Waals surface area contributed by atoms with Gasteiger partial charge >= 0.3 is 0 Å². The summed E-state index contributed by atoms with van der Waals surface area (Å²) < 4.78 is 1.79. The number of benzene rings is 1. The van der Waals surface area contributed by atoms with Gasteiger partial charge in [0.2, 0.25) is 0 Å². The molecule has 0 heterocycles. The fourth-order valence-corrected chi connectivity index (χ4v) is 2.02. The summed E-state index contributed by atoms with van der Waals surface area (Å²) >= 11 is 5.51. The highest BCUT2D eigenvalue weighted by atomic mass is 127. The Morgan fingerprint density at radius 2 is 2.31 bits per heavy atom. The van der Waals surface area contributed by atoms with Gasteiger partial charge in [0, 0.05) is 21.2 Å². The molecule has 1 rings (SSSR count). The number of aliphatic hydroxyl groups is 1.